The van der Waals surface area contributed by atoms with Crippen molar-refractivity contribution in [2.45, 2.75) is 17.9 Å². The molecule has 0 aliphatic carbocycles. The second-order valence-corrected chi connectivity index (χ2v) is 8.13. The third kappa shape index (κ3) is 8.43. The topological polar surface area (TPSA) is 166 Å². The molecule has 1 amide bonds. The van der Waals surface area contributed by atoms with E-state index in [4.69, 9.17) is 24.2 Å². The Morgan fingerprint density at radius 2 is 1.73 bits per heavy atom. The van der Waals surface area contributed by atoms with Crippen LogP contribution in [0.5, 0.6) is 0 Å². The van der Waals surface area contributed by atoms with Crippen molar-refractivity contribution < 1.29 is 37.4 Å². The summed E-state index contributed by atoms with van der Waals surface area (Å²) < 4.78 is 30.5. The number of nitrogens with zero attached hydrogens (tertiary/aromatic N) is 1. The van der Waals surface area contributed by atoms with Crippen LogP contribution in [0, 0.1) is 0 Å². The molecule has 1 heterocycles. The van der Waals surface area contributed by atoms with Crippen molar-refractivity contribution in [1.29, 1.82) is 0 Å². The van der Waals surface area contributed by atoms with Crippen LogP contribution in [-0.2, 0) is 31.0 Å². The minimum Gasteiger partial charge on any atom is -0.473 e. The van der Waals surface area contributed by atoms with Crippen LogP contribution in [0.1, 0.15) is 12.2 Å². The fourth-order valence-corrected chi connectivity index (χ4v) is 2.94. The molecule has 0 saturated carbocycles. The Hall–Kier alpha value is -3.22. The number of rotatable bonds is 8. The maximum atomic E-state index is 12.1. The van der Waals surface area contributed by atoms with E-state index in [2.05, 4.69) is 10.6 Å². The number of benzene rings is 1. The number of hydrogen-bond donors (Lipinski definition) is 4. The van der Waals surface area contributed by atoms with Gasteiger partial charge in [0.1, 0.15) is 5.76 Å². The molecule has 0 spiro atoms. The van der Waals surface area contributed by atoms with Crippen LogP contribution < -0.4 is 10.6 Å². The second kappa shape index (κ2) is 11.7. The van der Waals surface area contributed by atoms with E-state index in [9.17, 15) is 13.2 Å². The van der Waals surface area contributed by atoms with Crippen molar-refractivity contribution in [3.63, 3.8) is 0 Å². The zero-order valence-corrected chi connectivity index (χ0v) is 17.2. The summed E-state index contributed by atoms with van der Waals surface area (Å²) >= 11 is 0. The van der Waals surface area contributed by atoms with E-state index in [0.717, 1.165) is 10.1 Å². The summed E-state index contributed by atoms with van der Waals surface area (Å²) in [6.07, 6.45) is 1.86. The molecular weight excluding hydrogens is 418 g/mol. The molecule has 0 unspecified atom stereocenters. The van der Waals surface area contributed by atoms with Gasteiger partial charge in [-0.15, -0.1) is 0 Å². The zero-order chi connectivity index (χ0) is 22.7. The number of amides is 1. The molecule has 11 nitrogen and oxygen atoms in total. The molecule has 12 heteroatoms. The number of sulfonamides is 1. The highest BCUT2D eigenvalue weighted by Gasteiger charge is 2.17. The maximum absolute atomic E-state index is 12.1. The molecule has 0 radical (unpaired) electrons. The molecule has 1 aromatic carbocycles. The molecule has 164 valence electrons. The first kappa shape index (κ1) is 24.8. The van der Waals surface area contributed by atoms with Gasteiger partial charge in [0.2, 0.25) is 15.9 Å². The predicted octanol–water partition coefficient (Wildman–Crippen LogP) is 0.804. The lowest BCUT2D eigenvalue weighted by Crippen LogP contribution is -2.23. The van der Waals surface area contributed by atoms with Gasteiger partial charge in [0.25, 0.3) is 0 Å². The number of carbonyl (C=O) groups is 3. The molecule has 0 aliphatic heterocycles. The molecule has 0 atom stereocenters. The Balaban J connectivity index is 0.000000656. The largest absolute Gasteiger partial charge is 0.473 e. The zero-order valence-electron chi connectivity index (χ0n) is 16.4. The molecular formula is C18H23N3O8S. The predicted molar refractivity (Wildman–Crippen MR) is 106 cm³/mol. The van der Waals surface area contributed by atoms with E-state index in [0.29, 0.717) is 18.8 Å². The molecule has 1 aromatic heterocycles. The Labute approximate surface area is 173 Å². The van der Waals surface area contributed by atoms with Gasteiger partial charge in [-0.2, -0.15) is 0 Å². The fraction of sp³-hybridized carbons (Fsp3) is 0.278. The third-order valence-corrected chi connectivity index (χ3v) is 5.30. The van der Waals surface area contributed by atoms with Gasteiger partial charge in [0.15, 0.2) is 0 Å². The molecule has 0 aliphatic rings. The van der Waals surface area contributed by atoms with E-state index in [1.54, 1.807) is 24.5 Å². The van der Waals surface area contributed by atoms with Crippen molar-refractivity contribution in [3.05, 3.63) is 48.4 Å². The molecule has 4 N–H and O–H groups in total. The van der Waals surface area contributed by atoms with Gasteiger partial charge in [0, 0.05) is 32.7 Å². The molecule has 2 aromatic rings. The number of furan rings is 1. The highest BCUT2D eigenvalue weighted by atomic mass is 32.2. The Morgan fingerprint density at radius 3 is 2.27 bits per heavy atom. The Kier molecular flexibility index (Phi) is 9.68. The number of carboxylic acids is 2. The highest BCUT2D eigenvalue weighted by molar-refractivity contribution is 7.89. The summed E-state index contributed by atoms with van der Waals surface area (Å²) in [5.74, 6) is -3.04. The van der Waals surface area contributed by atoms with Crippen molar-refractivity contribution in [2.75, 3.05) is 26.0 Å². The summed E-state index contributed by atoms with van der Waals surface area (Å²) in [5, 5.41) is 20.6. The minimum absolute atomic E-state index is 0.140. The lowest BCUT2D eigenvalue weighted by Gasteiger charge is -2.12. The fourth-order valence-electron chi connectivity index (χ4n) is 2.00. The first-order valence-corrected chi connectivity index (χ1v) is 9.99. The lowest BCUT2D eigenvalue weighted by molar-refractivity contribution is -0.159. The van der Waals surface area contributed by atoms with Crippen LogP contribution >= 0.6 is 0 Å². The average molecular weight is 441 g/mol. The van der Waals surface area contributed by atoms with Crippen molar-refractivity contribution in [1.82, 2.24) is 9.62 Å². The van der Waals surface area contributed by atoms with Gasteiger partial charge in [-0.3, -0.25) is 4.79 Å². The first-order valence-electron chi connectivity index (χ1n) is 8.55. The van der Waals surface area contributed by atoms with Gasteiger partial charge in [0.05, 0.1) is 17.7 Å². The van der Waals surface area contributed by atoms with Crippen LogP contribution in [0.15, 0.2) is 52.0 Å². The standard InChI is InChI=1S/C16H21N3O4S.C2H2O4/c1-19(2)24(21,22)15-7-3-5-13(11-15)18-16(20)8-9-17-12-14-6-4-10-23-14;3-1(4)2(5)6/h3-7,10-11,17H,8-9,12H2,1-2H3,(H,18,20);(H,3,4)(H,5,6). The number of carbonyl (C=O) groups excluding carboxylic acids is 1. The minimum atomic E-state index is -3.52. The van der Waals surface area contributed by atoms with Crippen LogP contribution in [-0.4, -0.2) is 61.4 Å². The van der Waals surface area contributed by atoms with Crippen molar-refractivity contribution >= 4 is 33.6 Å². The van der Waals surface area contributed by atoms with Gasteiger partial charge in [-0.1, -0.05) is 6.07 Å². The number of anilines is 1. The SMILES string of the molecule is CN(C)S(=O)(=O)c1cccc(NC(=O)CCNCc2ccco2)c1.O=C(O)C(=O)O. The Morgan fingerprint density at radius 1 is 1.07 bits per heavy atom. The Bertz CT molecular complexity index is 944. The van der Waals surface area contributed by atoms with Gasteiger partial charge in [-0.05, 0) is 30.3 Å². The summed E-state index contributed by atoms with van der Waals surface area (Å²) in [5.41, 5.74) is 0.453. The maximum Gasteiger partial charge on any atom is 0.414 e. The van der Waals surface area contributed by atoms with Crippen molar-refractivity contribution in [3.8, 4) is 0 Å². The second-order valence-electron chi connectivity index (χ2n) is 5.98. The normalized spacial score (nSPS) is 10.8. The van der Waals surface area contributed by atoms with Gasteiger partial charge < -0.3 is 25.3 Å². The van der Waals surface area contributed by atoms with Gasteiger partial charge >= 0.3 is 11.9 Å². The van der Waals surface area contributed by atoms with Crippen molar-refractivity contribution in [2.24, 2.45) is 0 Å². The smallest absolute Gasteiger partial charge is 0.414 e. The quantitative estimate of drug-likeness (QED) is 0.342. The van der Waals surface area contributed by atoms with E-state index < -0.39 is 22.0 Å². The number of aliphatic carboxylic acids is 2. The molecule has 0 saturated heterocycles. The molecule has 2 rings (SSSR count). The summed E-state index contributed by atoms with van der Waals surface area (Å²) in [4.78, 5) is 30.3. The third-order valence-electron chi connectivity index (χ3n) is 3.49. The van der Waals surface area contributed by atoms with Gasteiger partial charge in [-0.25, -0.2) is 22.3 Å². The molecule has 0 bridgehead atoms. The first-order chi connectivity index (χ1) is 14.0. The van der Waals surface area contributed by atoms with E-state index in [1.807, 2.05) is 6.07 Å². The highest BCUT2D eigenvalue weighted by Crippen LogP contribution is 2.18. The van der Waals surface area contributed by atoms with Crippen LogP contribution in [0.3, 0.4) is 0 Å². The van der Waals surface area contributed by atoms with E-state index >= 15 is 0 Å². The van der Waals surface area contributed by atoms with Crippen LogP contribution in [0.25, 0.3) is 0 Å². The van der Waals surface area contributed by atoms with Crippen LogP contribution in [0.2, 0.25) is 0 Å². The number of nitrogens with one attached hydrogen (secondary N) is 2. The molecule has 30 heavy (non-hydrogen) atoms. The number of carboxylic acid groups (broad SMARTS) is 2. The monoisotopic (exact) mass is 441 g/mol. The summed E-state index contributed by atoms with van der Waals surface area (Å²) in [6, 6.07) is 9.85. The van der Waals surface area contributed by atoms with E-state index in [-0.39, 0.29) is 17.2 Å². The number of hydrogen-bond acceptors (Lipinski definition) is 7. The summed E-state index contributed by atoms with van der Waals surface area (Å²) in [7, 11) is -0.595. The molecule has 0 fully saturated rings. The summed E-state index contributed by atoms with van der Waals surface area (Å²) in [6.45, 7) is 1.04. The lowest BCUT2D eigenvalue weighted by atomic mass is 10.3. The average Bonchev–Trinajstić information content (AvgIpc) is 3.19. The van der Waals surface area contributed by atoms with Crippen LogP contribution in [0.4, 0.5) is 5.69 Å². The van der Waals surface area contributed by atoms with E-state index in [1.165, 1.54) is 26.2 Å².